The first-order chi connectivity index (χ1) is 16.8. The molecule has 0 unspecified atom stereocenters. The van der Waals surface area contributed by atoms with Crippen LogP contribution in [-0.2, 0) is 6.54 Å². The number of halogens is 1. The van der Waals surface area contributed by atoms with Crippen LogP contribution in [0.2, 0.25) is 5.02 Å². The molecule has 0 spiro atoms. The van der Waals surface area contributed by atoms with E-state index in [1.165, 1.54) is 21.3 Å². The van der Waals surface area contributed by atoms with Crippen molar-refractivity contribution >= 4 is 29.4 Å². The lowest BCUT2D eigenvalue weighted by atomic mass is 9.99. The smallest absolute Gasteiger partial charge is 0.263 e. The number of hydrogen-bond donors (Lipinski definition) is 0. The predicted molar refractivity (Wildman–Crippen MR) is 136 cm³/mol. The summed E-state index contributed by atoms with van der Waals surface area (Å²) in [6.45, 7) is 4.16. The van der Waals surface area contributed by atoms with Crippen LogP contribution >= 0.6 is 11.6 Å². The minimum atomic E-state index is -0.453. The van der Waals surface area contributed by atoms with E-state index in [0.717, 1.165) is 5.56 Å². The molecule has 1 aromatic heterocycles. The Balaban J connectivity index is 1.81. The molecule has 182 valence electrons. The Labute approximate surface area is 209 Å². The van der Waals surface area contributed by atoms with E-state index in [1.54, 1.807) is 35.2 Å². The van der Waals surface area contributed by atoms with Gasteiger partial charge in [0.05, 0.1) is 39.0 Å². The summed E-state index contributed by atoms with van der Waals surface area (Å²) in [7, 11) is 4.57. The number of anilines is 1. The topological polar surface area (TPSA) is 70.1 Å². The van der Waals surface area contributed by atoms with Gasteiger partial charge in [0.15, 0.2) is 5.75 Å². The number of carbonyl (C=O) groups excluding carboxylic acids is 1. The third-order valence-electron chi connectivity index (χ3n) is 5.59. The van der Waals surface area contributed by atoms with Gasteiger partial charge < -0.3 is 18.9 Å². The lowest BCUT2D eigenvalue weighted by Gasteiger charge is -2.30. The molecule has 1 aliphatic rings. The van der Waals surface area contributed by atoms with Gasteiger partial charge in [0.25, 0.3) is 11.8 Å². The van der Waals surface area contributed by atoms with Crippen molar-refractivity contribution in [2.24, 2.45) is 0 Å². The van der Waals surface area contributed by atoms with Gasteiger partial charge in [-0.1, -0.05) is 23.7 Å². The molecule has 0 radical (unpaired) electrons. The number of hydrogen-bond acceptors (Lipinski definition) is 6. The van der Waals surface area contributed by atoms with Gasteiger partial charge in [-0.2, -0.15) is 4.98 Å². The predicted octanol–water partition coefficient (Wildman–Crippen LogP) is 5.79. The Bertz CT molecular complexity index is 1290. The summed E-state index contributed by atoms with van der Waals surface area (Å²) < 4.78 is 22.5. The second-order valence-electron chi connectivity index (χ2n) is 8.50. The number of rotatable bonds is 7. The highest BCUT2D eigenvalue weighted by molar-refractivity contribution is 6.30. The molecule has 0 saturated carbocycles. The van der Waals surface area contributed by atoms with E-state index in [2.05, 4.69) is 4.98 Å². The SMILES string of the molecule is COc1ccc(N(Cc2cccc(Cl)c2)C(=O)c2ccc3c(c2OC)C=CC(C)(C)O3)nc1OC. The maximum absolute atomic E-state index is 14.0. The van der Waals surface area contributed by atoms with Gasteiger partial charge in [0, 0.05) is 5.02 Å². The minimum Gasteiger partial charge on any atom is -0.495 e. The molecule has 4 rings (SSSR count). The van der Waals surface area contributed by atoms with Crippen LogP contribution in [0.5, 0.6) is 23.1 Å². The highest BCUT2D eigenvalue weighted by Crippen LogP contribution is 2.40. The number of pyridine rings is 1. The molecule has 2 heterocycles. The van der Waals surface area contributed by atoms with E-state index in [1.807, 2.05) is 44.2 Å². The van der Waals surface area contributed by atoms with Crippen molar-refractivity contribution in [3.63, 3.8) is 0 Å². The number of nitrogens with zero attached hydrogens (tertiary/aromatic N) is 2. The molecular formula is C27H27ClN2O5. The molecule has 3 aromatic rings. The summed E-state index contributed by atoms with van der Waals surface area (Å²) in [5.74, 6) is 1.89. The first-order valence-electron chi connectivity index (χ1n) is 11.0. The normalized spacial score (nSPS) is 13.4. The monoisotopic (exact) mass is 494 g/mol. The summed E-state index contributed by atoms with van der Waals surface area (Å²) in [4.78, 5) is 20.1. The average Bonchev–Trinajstić information content (AvgIpc) is 2.85. The van der Waals surface area contributed by atoms with Crippen LogP contribution < -0.4 is 23.8 Å². The number of benzene rings is 2. The van der Waals surface area contributed by atoms with E-state index in [0.29, 0.717) is 39.2 Å². The Morgan fingerprint density at radius 1 is 1.06 bits per heavy atom. The summed E-state index contributed by atoms with van der Waals surface area (Å²) >= 11 is 6.21. The number of fused-ring (bicyclic) bond motifs is 1. The molecule has 1 amide bonds. The van der Waals surface area contributed by atoms with Crippen LogP contribution in [0.3, 0.4) is 0 Å². The molecular weight excluding hydrogens is 468 g/mol. The van der Waals surface area contributed by atoms with Crippen LogP contribution in [0.25, 0.3) is 6.08 Å². The van der Waals surface area contributed by atoms with Crippen molar-refractivity contribution in [2.45, 2.75) is 26.0 Å². The van der Waals surface area contributed by atoms with E-state index < -0.39 is 5.60 Å². The molecule has 0 atom stereocenters. The number of amides is 1. The molecule has 35 heavy (non-hydrogen) atoms. The molecule has 0 saturated heterocycles. The highest BCUT2D eigenvalue weighted by Gasteiger charge is 2.29. The fourth-order valence-electron chi connectivity index (χ4n) is 3.91. The Morgan fingerprint density at radius 2 is 1.86 bits per heavy atom. The fraction of sp³-hybridized carbons (Fsp3) is 0.259. The van der Waals surface area contributed by atoms with E-state index >= 15 is 0 Å². The third kappa shape index (κ3) is 5.05. The molecule has 7 nitrogen and oxygen atoms in total. The van der Waals surface area contributed by atoms with Crippen LogP contribution in [0.1, 0.15) is 35.3 Å². The van der Waals surface area contributed by atoms with Gasteiger partial charge in [-0.05, 0) is 68.0 Å². The lowest BCUT2D eigenvalue weighted by molar-refractivity contribution is 0.0981. The standard InChI is InChI=1S/C27H27ClN2O5/c1-27(2)14-13-19-21(35-27)10-9-20(24(19)33-4)26(31)30(16-17-7-6-8-18(28)15-17)23-12-11-22(32-3)25(29-23)34-5/h6-15H,16H2,1-5H3. The summed E-state index contributed by atoms with van der Waals surface area (Å²) in [6, 6.07) is 14.2. The highest BCUT2D eigenvalue weighted by atomic mass is 35.5. The zero-order chi connectivity index (χ0) is 25.2. The van der Waals surface area contributed by atoms with Crippen molar-refractivity contribution in [2.75, 3.05) is 26.2 Å². The summed E-state index contributed by atoms with van der Waals surface area (Å²) in [5, 5.41) is 0.575. The first kappa shape index (κ1) is 24.4. The Hall–Kier alpha value is -3.71. The number of ether oxygens (including phenoxy) is 4. The van der Waals surface area contributed by atoms with Gasteiger partial charge in [-0.25, -0.2) is 0 Å². The van der Waals surface area contributed by atoms with Crippen LogP contribution in [-0.4, -0.2) is 37.8 Å². The molecule has 0 aliphatic carbocycles. The lowest BCUT2D eigenvalue weighted by Crippen LogP contribution is -2.32. The Morgan fingerprint density at radius 3 is 2.54 bits per heavy atom. The zero-order valence-corrected chi connectivity index (χ0v) is 21.1. The van der Waals surface area contributed by atoms with Gasteiger partial charge in [0.1, 0.15) is 22.9 Å². The molecule has 0 fully saturated rings. The van der Waals surface area contributed by atoms with Crippen molar-refractivity contribution < 1.29 is 23.7 Å². The molecule has 0 N–H and O–H groups in total. The van der Waals surface area contributed by atoms with Gasteiger partial charge in [-0.15, -0.1) is 0 Å². The first-order valence-corrected chi connectivity index (χ1v) is 11.4. The quantitative estimate of drug-likeness (QED) is 0.414. The van der Waals surface area contributed by atoms with Crippen molar-refractivity contribution in [3.05, 3.63) is 76.3 Å². The molecule has 2 aromatic carbocycles. The van der Waals surface area contributed by atoms with Gasteiger partial charge in [-0.3, -0.25) is 9.69 Å². The van der Waals surface area contributed by atoms with Crippen molar-refractivity contribution in [1.29, 1.82) is 0 Å². The van der Waals surface area contributed by atoms with E-state index in [-0.39, 0.29) is 18.3 Å². The molecule has 0 bridgehead atoms. The Kier molecular flexibility index (Phi) is 6.89. The second-order valence-corrected chi connectivity index (χ2v) is 8.94. The van der Waals surface area contributed by atoms with Crippen LogP contribution in [0, 0.1) is 0 Å². The average molecular weight is 495 g/mol. The van der Waals surface area contributed by atoms with E-state index in [4.69, 9.17) is 30.5 Å². The molecule has 8 heteroatoms. The van der Waals surface area contributed by atoms with Gasteiger partial charge >= 0.3 is 0 Å². The van der Waals surface area contributed by atoms with Crippen molar-refractivity contribution in [3.8, 4) is 23.1 Å². The van der Waals surface area contributed by atoms with Crippen LogP contribution in [0.15, 0.2) is 54.6 Å². The van der Waals surface area contributed by atoms with E-state index in [9.17, 15) is 4.79 Å². The number of methoxy groups -OCH3 is 3. The number of carbonyl (C=O) groups is 1. The largest absolute Gasteiger partial charge is 0.495 e. The van der Waals surface area contributed by atoms with Gasteiger partial charge in [0.2, 0.25) is 0 Å². The summed E-state index contributed by atoms with van der Waals surface area (Å²) in [5.41, 5.74) is 1.47. The fourth-order valence-corrected chi connectivity index (χ4v) is 4.12. The van der Waals surface area contributed by atoms with Crippen molar-refractivity contribution in [1.82, 2.24) is 4.98 Å². The van der Waals surface area contributed by atoms with Crippen LogP contribution in [0.4, 0.5) is 5.82 Å². The molecule has 1 aliphatic heterocycles. The number of aromatic nitrogens is 1. The maximum atomic E-state index is 14.0. The maximum Gasteiger partial charge on any atom is 0.263 e. The summed E-state index contributed by atoms with van der Waals surface area (Å²) in [6.07, 6.45) is 3.86. The third-order valence-corrected chi connectivity index (χ3v) is 5.83. The second kappa shape index (κ2) is 9.88. The minimum absolute atomic E-state index is 0.224. The zero-order valence-electron chi connectivity index (χ0n) is 20.3.